The van der Waals surface area contributed by atoms with Crippen LogP contribution in [0.15, 0.2) is 39.4 Å². The van der Waals surface area contributed by atoms with E-state index in [2.05, 4.69) is 49.0 Å². The van der Waals surface area contributed by atoms with Crippen LogP contribution in [-0.4, -0.2) is 11.6 Å². The van der Waals surface area contributed by atoms with Crippen molar-refractivity contribution in [2.45, 2.75) is 18.9 Å². The van der Waals surface area contributed by atoms with Gasteiger partial charge in [0.2, 0.25) is 0 Å². The molecule has 20 heavy (non-hydrogen) atoms. The summed E-state index contributed by atoms with van der Waals surface area (Å²) in [5.41, 5.74) is 9.56. The first-order chi connectivity index (χ1) is 9.63. The van der Waals surface area contributed by atoms with Crippen molar-refractivity contribution < 1.29 is 4.74 Å². The van der Waals surface area contributed by atoms with Gasteiger partial charge in [0.15, 0.2) is 0 Å². The number of nitrogens with zero attached hydrogens (tertiary/aromatic N) is 1. The van der Waals surface area contributed by atoms with Gasteiger partial charge in [-0.15, -0.1) is 0 Å². The molecule has 2 N–H and O–H groups in total. The Morgan fingerprint density at radius 2 is 2.10 bits per heavy atom. The maximum atomic E-state index is 6.27. The van der Waals surface area contributed by atoms with Crippen LogP contribution in [0.4, 0.5) is 0 Å². The van der Waals surface area contributed by atoms with Crippen LogP contribution in [0.5, 0.6) is 5.75 Å². The standard InChI is InChI=1S/C15H14Br2N2O/c16-11-1-2-14(19-8-11)13(18)7-10-6-12(17)5-9-3-4-20-15(9)10/h1-2,5-6,8,13H,3-4,7,18H2. The van der Waals surface area contributed by atoms with E-state index in [9.17, 15) is 0 Å². The molecule has 1 aliphatic heterocycles. The lowest BCUT2D eigenvalue weighted by Gasteiger charge is -2.14. The molecule has 104 valence electrons. The number of ether oxygens (including phenoxy) is 1. The van der Waals surface area contributed by atoms with Crippen LogP contribution in [0.3, 0.4) is 0 Å². The summed E-state index contributed by atoms with van der Waals surface area (Å²) in [4.78, 5) is 4.37. The Morgan fingerprint density at radius 1 is 1.25 bits per heavy atom. The van der Waals surface area contributed by atoms with Gasteiger partial charge >= 0.3 is 0 Å². The van der Waals surface area contributed by atoms with Crippen LogP contribution in [-0.2, 0) is 12.8 Å². The molecule has 1 aromatic heterocycles. The minimum Gasteiger partial charge on any atom is -0.493 e. The second-order valence-corrected chi connectivity index (χ2v) is 6.69. The number of hydrogen-bond donors (Lipinski definition) is 1. The maximum Gasteiger partial charge on any atom is 0.125 e. The minimum atomic E-state index is -0.134. The van der Waals surface area contributed by atoms with Gasteiger partial charge in [0.25, 0.3) is 0 Å². The van der Waals surface area contributed by atoms with Gasteiger partial charge in [-0.1, -0.05) is 15.9 Å². The van der Waals surface area contributed by atoms with Crippen molar-refractivity contribution in [1.29, 1.82) is 0 Å². The summed E-state index contributed by atoms with van der Waals surface area (Å²) in [6.45, 7) is 0.755. The summed E-state index contributed by atoms with van der Waals surface area (Å²) >= 11 is 6.94. The SMILES string of the molecule is NC(Cc1cc(Br)cc2c1OCC2)c1ccc(Br)cn1. The summed E-state index contributed by atoms with van der Waals surface area (Å²) in [5.74, 6) is 1.00. The van der Waals surface area contributed by atoms with Gasteiger partial charge < -0.3 is 10.5 Å². The van der Waals surface area contributed by atoms with Crippen LogP contribution in [0.1, 0.15) is 22.9 Å². The second-order valence-electron chi connectivity index (χ2n) is 4.86. The first-order valence-electron chi connectivity index (χ1n) is 6.44. The first kappa shape index (κ1) is 14.0. The van der Waals surface area contributed by atoms with Gasteiger partial charge in [0.05, 0.1) is 18.3 Å². The Kier molecular flexibility index (Phi) is 4.10. The average molecular weight is 398 g/mol. The van der Waals surface area contributed by atoms with Gasteiger partial charge in [-0.2, -0.15) is 0 Å². The van der Waals surface area contributed by atoms with Crippen LogP contribution in [0.25, 0.3) is 0 Å². The zero-order valence-electron chi connectivity index (χ0n) is 10.8. The van der Waals surface area contributed by atoms with E-state index >= 15 is 0 Å². The fourth-order valence-electron chi connectivity index (χ4n) is 2.45. The van der Waals surface area contributed by atoms with Gasteiger partial charge in [-0.05, 0) is 57.7 Å². The minimum absolute atomic E-state index is 0.134. The molecular weight excluding hydrogens is 384 g/mol. The maximum absolute atomic E-state index is 6.27. The lowest BCUT2D eigenvalue weighted by Crippen LogP contribution is -2.15. The van der Waals surface area contributed by atoms with E-state index in [1.807, 2.05) is 12.1 Å². The lowest BCUT2D eigenvalue weighted by molar-refractivity contribution is 0.352. The molecule has 1 unspecified atom stereocenters. The number of aromatic nitrogens is 1. The fraction of sp³-hybridized carbons (Fsp3) is 0.267. The zero-order valence-corrected chi connectivity index (χ0v) is 13.9. The quantitative estimate of drug-likeness (QED) is 0.857. The van der Waals surface area contributed by atoms with Crippen molar-refractivity contribution in [3.63, 3.8) is 0 Å². The number of hydrogen-bond acceptors (Lipinski definition) is 3. The number of rotatable bonds is 3. The molecule has 0 amide bonds. The summed E-state index contributed by atoms with van der Waals surface area (Å²) in [6.07, 6.45) is 3.46. The summed E-state index contributed by atoms with van der Waals surface area (Å²) < 4.78 is 7.77. The van der Waals surface area contributed by atoms with Crippen molar-refractivity contribution in [2.75, 3.05) is 6.61 Å². The molecule has 0 spiro atoms. The molecule has 0 saturated heterocycles. The molecule has 2 heterocycles. The Morgan fingerprint density at radius 3 is 2.85 bits per heavy atom. The Bertz CT molecular complexity index is 629. The van der Waals surface area contributed by atoms with Crippen molar-refractivity contribution in [3.05, 3.63) is 56.2 Å². The largest absolute Gasteiger partial charge is 0.493 e. The molecular formula is C15H14Br2N2O. The van der Waals surface area contributed by atoms with Crippen molar-refractivity contribution in [2.24, 2.45) is 5.73 Å². The molecule has 0 radical (unpaired) electrons. The third kappa shape index (κ3) is 2.90. The molecule has 0 bridgehead atoms. The first-order valence-corrected chi connectivity index (χ1v) is 8.03. The molecule has 2 aromatic rings. The third-order valence-corrected chi connectivity index (χ3v) is 4.32. The van der Waals surface area contributed by atoms with Crippen molar-refractivity contribution in [3.8, 4) is 5.75 Å². The summed E-state index contributed by atoms with van der Waals surface area (Å²) in [6, 6.07) is 7.99. The number of nitrogens with two attached hydrogens (primary N) is 1. The molecule has 3 nitrogen and oxygen atoms in total. The number of benzene rings is 1. The van der Waals surface area contributed by atoms with Crippen LogP contribution < -0.4 is 10.5 Å². The second kappa shape index (κ2) is 5.84. The van der Waals surface area contributed by atoms with Crippen molar-refractivity contribution >= 4 is 31.9 Å². The highest BCUT2D eigenvalue weighted by Crippen LogP contribution is 2.34. The molecule has 3 rings (SSSR count). The third-order valence-electron chi connectivity index (χ3n) is 3.40. The summed E-state index contributed by atoms with van der Waals surface area (Å²) in [5, 5.41) is 0. The Labute approximate surface area is 134 Å². The number of fused-ring (bicyclic) bond motifs is 1. The molecule has 1 aliphatic rings. The van der Waals surface area contributed by atoms with Crippen LogP contribution in [0, 0.1) is 0 Å². The van der Waals surface area contributed by atoms with Crippen LogP contribution in [0.2, 0.25) is 0 Å². The number of halogens is 2. The topological polar surface area (TPSA) is 48.1 Å². The highest BCUT2D eigenvalue weighted by Gasteiger charge is 2.19. The van der Waals surface area contributed by atoms with E-state index in [0.717, 1.165) is 45.4 Å². The number of pyridine rings is 1. The van der Waals surface area contributed by atoms with Crippen LogP contribution >= 0.6 is 31.9 Å². The van der Waals surface area contributed by atoms with Gasteiger partial charge in [-0.25, -0.2) is 0 Å². The molecule has 5 heteroatoms. The van der Waals surface area contributed by atoms with E-state index in [0.29, 0.717) is 0 Å². The molecule has 1 atom stereocenters. The Balaban J connectivity index is 1.86. The van der Waals surface area contributed by atoms with Gasteiger partial charge in [0.1, 0.15) is 5.75 Å². The smallest absolute Gasteiger partial charge is 0.125 e. The fourth-order valence-corrected chi connectivity index (χ4v) is 3.23. The predicted octanol–water partition coefficient (Wildman–Crippen LogP) is 3.78. The monoisotopic (exact) mass is 396 g/mol. The van der Waals surface area contributed by atoms with E-state index in [-0.39, 0.29) is 6.04 Å². The highest BCUT2D eigenvalue weighted by molar-refractivity contribution is 9.10. The zero-order chi connectivity index (χ0) is 14.1. The summed E-state index contributed by atoms with van der Waals surface area (Å²) in [7, 11) is 0. The van der Waals surface area contributed by atoms with E-state index < -0.39 is 0 Å². The molecule has 0 aliphatic carbocycles. The molecule has 0 saturated carbocycles. The van der Waals surface area contributed by atoms with Gasteiger partial charge in [0, 0.05) is 21.6 Å². The van der Waals surface area contributed by atoms with Gasteiger partial charge in [-0.3, -0.25) is 4.98 Å². The molecule has 1 aromatic carbocycles. The predicted molar refractivity (Wildman–Crippen MR) is 85.9 cm³/mol. The normalized spacial score (nSPS) is 14.8. The average Bonchev–Trinajstić information content (AvgIpc) is 2.87. The molecule has 0 fully saturated rings. The van der Waals surface area contributed by atoms with E-state index in [1.165, 1.54) is 5.56 Å². The Hall–Kier alpha value is -0.910. The van der Waals surface area contributed by atoms with E-state index in [1.54, 1.807) is 6.20 Å². The van der Waals surface area contributed by atoms with Crippen molar-refractivity contribution in [1.82, 2.24) is 4.98 Å². The van der Waals surface area contributed by atoms with E-state index in [4.69, 9.17) is 10.5 Å². The highest BCUT2D eigenvalue weighted by atomic mass is 79.9. The lowest BCUT2D eigenvalue weighted by atomic mass is 10.00.